The fourth-order valence-corrected chi connectivity index (χ4v) is 4.87. The minimum absolute atomic E-state index is 0.116. The smallest absolute Gasteiger partial charge is 0.261 e. The molecular weight excluding hydrogens is 468 g/mol. The van der Waals surface area contributed by atoms with E-state index in [9.17, 15) is 9.90 Å². The van der Waals surface area contributed by atoms with Gasteiger partial charge in [0, 0.05) is 11.9 Å². The molecule has 3 N–H and O–H groups in total. The van der Waals surface area contributed by atoms with Crippen LogP contribution in [-0.4, -0.2) is 21.0 Å². The van der Waals surface area contributed by atoms with Crippen molar-refractivity contribution in [3.8, 4) is 10.6 Å². The summed E-state index contributed by atoms with van der Waals surface area (Å²) in [5.41, 5.74) is 3.39. The molecule has 0 spiro atoms. The third-order valence-corrected chi connectivity index (χ3v) is 7.09. The van der Waals surface area contributed by atoms with Crippen molar-refractivity contribution >= 4 is 39.7 Å². The monoisotopic (exact) mass is 494 g/mol. The van der Waals surface area contributed by atoms with Crippen molar-refractivity contribution in [1.29, 1.82) is 0 Å². The molecule has 7 heteroatoms. The maximum Gasteiger partial charge on any atom is 0.261 e. The second kappa shape index (κ2) is 10.3. The highest BCUT2D eigenvalue weighted by Gasteiger charge is 2.15. The third-order valence-electron chi connectivity index (χ3n) is 5.98. The van der Waals surface area contributed by atoms with E-state index >= 15 is 0 Å². The number of rotatable bonds is 7. The zero-order valence-corrected chi connectivity index (χ0v) is 20.8. The lowest BCUT2D eigenvalue weighted by molar-refractivity contribution is 0.0944. The van der Waals surface area contributed by atoms with Crippen LogP contribution < -0.4 is 10.6 Å². The number of nitrogens with one attached hydrogen (secondary N) is 2. The van der Waals surface area contributed by atoms with Crippen LogP contribution in [-0.2, 0) is 0 Å². The molecule has 0 aliphatic heterocycles. The molecule has 36 heavy (non-hydrogen) atoms. The Morgan fingerprint density at radius 2 is 1.72 bits per heavy atom. The van der Waals surface area contributed by atoms with Gasteiger partial charge in [0.2, 0.25) is 5.95 Å². The van der Waals surface area contributed by atoms with Gasteiger partial charge in [0.15, 0.2) is 0 Å². The number of benzene rings is 3. The van der Waals surface area contributed by atoms with E-state index in [1.807, 2.05) is 61.5 Å². The maximum absolute atomic E-state index is 13.0. The topological polar surface area (TPSA) is 87.1 Å². The molecule has 2 heterocycles. The molecule has 3 aromatic carbocycles. The molecule has 2 unspecified atom stereocenters. The number of hydrogen-bond acceptors (Lipinski definition) is 6. The van der Waals surface area contributed by atoms with Crippen molar-refractivity contribution in [2.24, 2.45) is 0 Å². The number of carbonyl (C=O) groups excluding carboxylic acids is 1. The molecule has 0 aliphatic carbocycles. The summed E-state index contributed by atoms with van der Waals surface area (Å²) in [6.07, 6.45) is 1.13. The Morgan fingerprint density at radius 1 is 0.889 bits per heavy atom. The number of nitrogens with zero attached hydrogens (tertiary/aromatic N) is 2. The summed E-state index contributed by atoms with van der Waals surface area (Å²) in [6, 6.07) is 27.4. The van der Waals surface area contributed by atoms with Gasteiger partial charge in [0.05, 0.1) is 27.6 Å². The lowest BCUT2D eigenvalue weighted by Crippen LogP contribution is -2.25. The van der Waals surface area contributed by atoms with Crippen LogP contribution in [0, 0.1) is 0 Å². The average molecular weight is 495 g/mol. The van der Waals surface area contributed by atoms with Gasteiger partial charge in [-0.05, 0) is 72.1 Å². The molecule has 5 aromatic rings. The van der Waals surface area contributed by atoms with Gasteiger partial charge in [-0.3, -0.25) is 4.79 Å². The Labute approximate surface area is 213 Å². The number of amides is 1. The summed E-state index contributed by atoms with van der Waals surface area (Å²) in [7, 11) is 0. The Hall–Kier alpha value is -4.07. The first-order valence-corrected chi connectivity index (χ1v) is 12.6. The zero-order valence-electron chi connectivity index (χ0n) is 20.0. The average Bonchev–Trinajstić information content (AvgIpc) is 3.39. The number of thiophene rings is 1. The highest BCUT2D eigenvalue weighted by Crippen LogP contribution is 2.29. The summed E-state index contributed by atoms with van der Waals surface area (Å²) in [5, 5.41) is 18.5. The number of carbonyl (C=O) groups is 1. The summed E-state index contributed by atoms with van der Waals surface area (Å²) in [4.78, 5) is 23.4. The van der Waals surface area contributed by atoms with E-state index in [4.69, 9.17) is 0 Å². The van der Waals surface area contributed by atoms with Gasteiger partial charge in [-0.25, -0.2) is 9.97 Å². The standard InChI is InChI=1S/C29H26N4O2S/c1-18(21-11-10-20-6-3-4-7-23(20)16-21)31-28(35)27-13-12-26(36-27)25-14-15-30-29(33-25)32-24-9-5-8-22(17-24)19(2)34/h3-19,34H,1-2H3,(H,31,35)(H,30,32,33). The van der Waals surface area contributed by atoms with Crippen LogP contribution >= 0.6 is 11.3 Å². The van der Waals surface area contributed by atoms with Gasteiger partial charge >= 0.3 is 0 Å². The summed E-state index contributed by atoms with van der Waals surface area (Å²) >= 11 is 1.39. The molecule has 5 rings (SSSR count). The lowest BCUT2D eigenvalue weighted by Gasteiger charge is -2.14. The number of aliphatic hydroxyl groups excluding tert-OH is 1. The van der Waals surface area contributed by atoms with Gasteiger partial charge in [0.25, 0.3) is 5.91 Å². The largest absolute Gasteiger partial charge is 0.389 e. The summed E-state index contributed by atoms with van der Waals surface area (Å²) < 4.78 is 0. The predicted molar refractivity (Wildman–Crippen MR) is 146 cm³/mol. The minimum Gasteiger partial charge on any atom is -0.389 e. The van der Waals surface area contributed by atoms with Gasteiger partial charge in [-0.2, -0.15) is 0 Å². The first-order chi connectivity index (χ1) is 17.5. The van der Waals surface area contributed by atoms with Gasteiger partial charge in [-0.15, -0.1) is 11.3 Å². The Bertz CT molecular complexity index is 1530. The molecule has 2 atom stereocenters. The maximum atomic E-state index is 13.0. The molecule has 180 valence electrons. The second-order valence-corrected chi connectivity index (χ2v) is 9.74. The molecule has 0 bridgehead atoms. The molecule has 0 fully saturated rings. The second-order valence-electron chi connectivity index (χ2n) is 8.66. The van der Waals surface area contributed by atoms with E-state index in [1.54, 1.807) is 13.1 Å². The van der Waals surface area contributed by atoms with Crippen molar-refractivity contribution in [1.82, 2.24) is 15.3 Å². The molecule has 0 saturated heterocycles. The van der Waals surface area contributed by atoms with Crippen LogP contribution in [0.4, 0.5) is 11.6 Å². The quantitative estimate of drug-likeness (QED) is 0.236. The number of hydrogen-bond donors (Lipinski definition) is 3. The SMILES string of the molecule is CC(O)c1cccc(Nc2nccc(-c3ccc(C(=O)NC(C)c4ccc5ccccc5c4)s3)n2)c1. The Kier molecular flexibility index (Phi) is 6.75. The first kappa shape index (κ1) is 23.7. The Morgan fingerprint density at radius 3 is 2.56 bits per heavy atom. The zero-order chi connectivity index (χ0) is 25.1. The number of anilines is 2. The van der Waals surface area contributed by atoms with Gasteiger partial charge in [0.1, 0.15) is 0 Å². The van der Waals surface area contributed by atoms with Crippen LogP contribution in [0.1, 0.15) is 46.8 Å². The van der Waals surface area contributed by atoms with Crippen molar-refractivity contribution in [2.75, 3.05) is 5.32 Å². The fraction of sp³-hybridized carbons (Fsp3) is 0.138. The van der Waals surface area contributed by atoms with E-state index in [0.29, 0.717) is 10.8 Å². The van der Waals surface area contributed by atoms with Crippen LogP contribution in [0.3, 0.4) is 0 Å². The van der Waals surface area contributed by atoms with Crippen molar-refractivity contribution in [3.63, 3.8) is 0 Å². The van der Waals surface area contributed by atoms with Crippen molar-refractivity contribution in [2.45, 2.75) is 26.0 Å². The van der Waals surface area contributed by atoms with E-state index in [2.05, 4.69) is 50.9 Å². The normalized spacial score (nSPS) is 12.8. The molecule has 1 amide bonds. The van der Waals surface area contributed by atoms with Crippen LogP contribution in [0.5, 0.6) is 0 Å². The minimum atomic E-state index is -0.557. The molecular formula is C29H26N4O2S. The first-order valence-electron chi connectivity index (χ1n) is 11.7. The molecule has 6 nitrogen and oxygen atoms in total. The van der Waals surface area contributed by atoms with Crippen LogP contribution in [0.15, 0.2) is 91.1 Å². The van der Waals surface area contributed by atoms with E-state index < -0.39 is 6.10 Å². The van der Waals surface area contributed by atoms with E-state index in [-0.39, 0.29) is 11.9 Å². The molecule has 0 aliphatic rings. The van der Waals surface area contributed by atoms with E-state index in [1.165, 1.54) is 16.7 Å². The molecule has 0 saturated carbocycles. The molecule has 0 radical (unpaired) electrons. The summed E-state index contributed by atoms with van der Waals surface area (Å²) in [6.45, 7) is 3.72. The van der Waals surface area contributed by atoms with Crippen LogP contribution in [0.2, 0.25) is 0 Å². The van der Waals surface area contributed by atoms with Crippen LogP contribution in [0.25, 0.3) is 21.3 Å². The fourth-order valence-electron chi connectivity index (χ4n) is 3.99. The number of fused-ring (bicyclic) bond motifs is 1. The van der Waals surface area contributed by atoms with Crippen molar-refractivity contribution in [3.05, 3.63) is 107 Å². The predicted octanol–water partition coefficient (Wildman–Crippen LogP) is 6.65. The number of aliphatic hydroxyl groups is 1. The van der Waals surface area contributed by atoms with Gasteiger partial charge < -0.3 is 15.7 Å². The highest BCUT2D eigenvalue weighted by molar-refractivity contribution is 7.17. The highest BCUT2D eigenvalue weighted by atomic mass is 32.1. The van der Waals surface area contributed by atoms with Gasteiger partial charge in [-0.1, -0.05) is 48.5 Å². The lowest BCUT2D eigenvalue weighted by atomic mass is 10.0. The molecule has 2 aromatic heterocycles. The number of aromatic nitrogens is 2. The summed E-state index contributed by atoms with van der Waals surface area (Å²) in [5.74, 6) is 0.328. The third kappa shape index (κ3) is 5.27. The Balaban J connectivity index is 1.29. The van der Waals surface area contributed by atoms with E-state index in [0.717, 1.165) is 32.8 Å². The van der Waals surface area contributed by atoms with Crippen molar-refractivity contribution < 1.29 is 9.90 Å².